The van der Waals surface area contributed by atoms with Crippen LogP contribution in [0.4, 0.5) is 9.52 Å². The molecule has 1 aliphatic heterocycles. The van der Waals surface area contributed by atoms with Gasteiger partial charge in [-0.05, 0) is 42.5 Å². The Morgan fingerprint density at radius 1 is 1.00 bits per heavy atom. The summed E-state index contributed by atoms with van der Waals surface area (Å²) < 4.78 is 14.2. The normalized spacial score (nSPS) is 13.0. The van der Waals surface area contributed by atoms with Crippen LogP contribution in [0.15, 0.2) is 66.9 Å². The summed E-state index contributed by atoms with van der Waals surface area (Å²) in [7, 11) is 0. The number of benzene rings is 2. The zero-order valence-corrected chi connectivity index (χ0v) is 17.4. The lowest BCUT2D eigenvalue weighted by Gasteiger charge is -2.22. The Labute approximate surface area is 185 Å². The molecule has 3 heterocycles. The molecule has 32 heavy (non-hydrogen) atoms. The molecule has 4 aromatic rings. The molecule has 0 fully saturated rings. The highest BCUT2D eigenvalue weighted by molar-refractivity contribution is 7.22. The lowest BCUT2D eigenvalue weighted by atomic mass is 10.1. The lowest BCUT2D eigenvalue weighted by molar-refractivity contribution is -0.119. The molecule has 0 bridgehead atoms. The second-order valence-electron chi connectivity index (χ2n) is 7.15. The van der Waals surface area contributed by atoms with Gasteiger partial charge in [0.1, 0.15) is 12.4 Å². The molecule has 158 valence electrons. The van der Waals surface area contributed by atoms with Gasteiger partial charge in [0.25, 0.3) is 11.8 Å². The average molecular weight is 446 g/mol. The van der Waals surface area contributed by atoms with Crippen molar-refractivity contribution in [3.8, 4) is 0 Å². The Morgan fingerprint density at radius 3 is 2.41 bits per heavy atom. The Balaban J connectivity index is 1.48. The number of rotatable bonds is 5. The largest absolute Gasteiger partial charge is 0.280 e. The van der Waals surface area contributed by atoms with Crippen molar-refractivity contribution in [3.63, 3.8) is 0 Å². The van der Waals surface area contributed by atoms with Crippen LogP contribution < -0.4 is 4.90 Å². The van der Waals surface area contributed by atoms with Crippen molar-refractivity contribution in [2.24, 2.45) is 0 Å². The third kappa shape index (κ3) is 3.52. The molecular formula is C23H15FN4O3S. The molecule has 5 rings (SSSR count). The number of anilines is 1. The molecule has 0 spiro atoms. The molecule has 0 aliphatic carbocycles. The van der Waals surface area contributed by atoms with Crippen LogP contribution in [-0.4, -0.2) is 39.1 Å². The maximum atomic E-state index is 13.6. The topological polar surface area (TPSA) is 83.5 Å². The number of aromatic nitrogens is 2. The van der Waals surface area contributed by atoms with E-state index in [0.717, 1.165) is 16.2 Å². The predicted octanol–water partition coefficient (Wildman–Crippen LogP) is 3.66. The number of hydrogen-bond donors (Lipinski definition) is 0. The molecule has 2 aromatic heterocycles. The van der Waals surface area contributed by atoms with Crippen LogP contribution in [0.3, 0.4) is 0 Å². The average Bonchev–Trinajstić information content (AvgIpc) is 3.32. The van der Waals surface area contributed by atoms with Gasteiger partial charge in [-0.1, -0.05) is 29.5 Å². The van der Waals surface area contributed by atoms with Crippen molar-refractivity contribution < 1.29 is 18.8 Å². The van der Waals surface area contributed by atoms with Gasteiger partial charge in [-0.2, -0.15) is 0 Å². The maximum Gasteiger partial charge on any atom is 0.262 e. The van der Waals surface area contributed by atoms with Gasteiger partial charge in [-0.15, -0.1) is 0 Å². The first kappa shape index (κ1) is 20.0. The standard InChI is InChI=1S/C23H15FN4O3S/c24-14-8-9-18-19(11-14)32-23(26-18)27(12-15-5-3-4-10-25-15)20(29)13-28-21(30)16-6-1-2-7-17(16)22(28)31/h1-11H,12-13H2. The molecule has 0 N–H and O–H groups in total. The summed E-state index contributed by atoms with van der Waals surface area (Å²) >= 11 is 1.15. The molecule has 9 heteroatoms. The molecule has 0 radical (unpaired) electrons. The van der Waals surface area contributed by atoms with Gasteiger partial charge >= 0.3 is 0 Å². The molecule has 0 atom stereocenters. The van der Waals surface area contributed by atoms with E-state index in [9.17, 15) is 18.8 Å². The van der Waals surface area contributed by atoms with Crippen LogP contribution in [0.2, 0.25) is 0 Å². The van der Waals surface area contributed by atoms with E-state index < -0.39 is 30.1 Å². The number of thiazole rings is 1. The number of pyridine rings is 1. The highest BCUT2D eigenvalue weighted by atomic mass is 32.1. The summed E-state index contributed by atoms with van der Waals surface area (Å²) in [6, 6.07) is 16.0. The summed E-state index contributed by atoms with van der Waals surface area (Å²) in [5.74, 6) is -1.92. The highest BCUT2D eigenvalue weighted by Gasteiger charge is 2.37. The molecule has 0 saturated carbocycles. The second-order valence-corrected chi connectivity index (χ2v) is 8.16. The summed E-state index contributed by atoms with van der Waals surface area (Å²) in [5, 5.41) is 0.331. The van der Waals surface area contributed by atoms with Crippen molar-refractivity contribution in [1.82, 2.24) is 14.9 Å². The van der Waals surface area contributed by atoms with E-state index in [1.165, 1.54) is 23.1 Å². The van der Waals surface area contributed by atoms with Gasteiger partial charge in [0, 0.05) is 6.20 Å². The minimum atomic E-state index is -0.511. The first-order chi connectivity index (χ1) is 15.5. The quantitative estimate of drug-likeness (QED) is 0.437. The lowest BCUT2D eigenvalue weighted by Crippen LogP contribution is -2.42. The number of carbonyl (C=O) groups excluding carboxylic acids is 3. The Hall–Kier alpha value is -3.98. The highest BCUT2D eigenvalue weighted by Crippen LogP contribution is 2.31. The molecule has 2 aromatic carbocycles. The third-order valence-electron chi connectivity index (χ3n) is 5.09. The zero-order chi connectivity index (χ0) is 22.2. The summed E-state index contributed by atoms with van der Waals surface area (Å²) in [5.41, 5.74) is 1.70. The van der Waals surface area contributed by atoms with Crippen LogP contribution >= 0.6 is 11.3 Å². The van der Waals surface area contributed by atoms with E-state index in [4.69, 9.17) is 0 Å². The fourth-order valence-electron chi connectivity index (χ4n) is 3.52. The molecule has 0 unspecified atom stereocenters. The minimum Gasteiger partial charge on any atom is -0.280 e. The van der Waals surface area contributed by atoms with Gasteiger partial charge in [0.05, 0.1) is 33.6 Å². The van der Waals surface area contributed by atoms with Crippen molar-refractivity contribution >= 4 is 44.4 Å². The van der Waals surface area contributed by atoms with Crippen LogP contribution in [0.25, 0.3) is 10.2 Å². The van der Waals surface area contributed by atoms with E-state index in [0.29, 0.717) is 21.0 Å². The smallest absolute Gasteiger partial charge is 0.262 e. The number of fused-ring (bicyclic) bond motifs is 2. The van der Waals surface area contributed by atoms with Crippen LogP contribution in [0, 0.1) is 5.82 Å². The predicted molar refractivity (Wildman–Crippen MR) is 117 cm³/mol. The molecule has 3 amide bonds. The Morgan fingerprint density at radius 2 is 1.72 bits per heavy atom. The van der Waals surface area contributed by atoms with Gasteiger partial charge in [-0.3, -0.25) is 29.2 Å². The van der Waals surface area contributed by atoms with Crippen molar-refractivity contribution in [1.29, 1.82) is 0 Å². The maximum absolute atomic E-state index is 13.6. The Bertz CT molecular complexity index is 1340. The van der Waals surface area contributed by atoms with E-state index in [1.54, 1.807) is 48.7 Å². The summed E-state index contributed by atoms with van der Waals surface area (Å²) in [4.78, 5) is 49.8. The third-order valence-corrected chi connectivity index (χ3v) is 6.13. The number of halogens is 1. The molecule has 1 aliphatic rings. The molecule has 0 saturated heterocycles. The van der Waals surface area contributed by atoms with Gasteiger partial charge in [0.15, 0.2) is 5.13 Å². The number of hydrogen-bond acceptors (Lipinski definition) is 6. The van der Waals surface area contributed by atoms with Crippen LogP contribution in [0.5, 0.6) is 0 Å². The monoisotopic (exact) mass is 446 g/mol. The number of nitrogens with zero attached hydrogens (tertiary/aromatic N) is 4. The Kier molecular flexibility index (Phi) is 4.95. The number of carbonyl (C=O) groups is 3. The van der Waals surface area contributed by atoms with E-state index in [2.05, 4.69) is 9.97 Å². The molecular weight excluding hydrogens is 431 g/mol. The number of imide groups is 1. The SMILES string of the molecule is O=C1c2ccccc2C(=O)N1CC(=O)N(Cc1ccccn1)c1nc2ccc(F)cc2s1. The van der Waals surface area contributed by atoms with Gasteiger partial charge in [-0.25, -0.2) is 9.37 Å². The first-order valence-electron chi connectivity index (χ1n) is 9.73. The molecule has 7 nitrogen and oxygen atoms in total. The fourth-order valence-corrected chi connectivity index (χ4v) is 4.53. The van der Waals surface area contributed by atoms with E-state index >= 15 is 0 Å². The summed E-state index contributed by atoms with van der Waals surface area (Å²) in [6.45, 7) is -0.353. The minimum absolute atomic E-state index is 0.0884. The summed E-state index contributed by atoms with van der Waals surface area (Å²) in [6.07, 6.45) is 1.61. The zero-order valence-electron chi connectivity index (χ0n) is 16.6. The van der Waals surface area contributed by atoms with Crippen molar-refractivity contribution in [2.45, 2.75) is 6.54 Å². The van der Waals surface area contributed by atoms with E-state index in [1.807, 2.05) is 0 Å². The van der Waals surface area contributed by atoms with Gasteiger partial charge < -0.3 is 0 Å². The second kappa shape index (κ2) is 7.93. The van der Waals surface area contributed by atoms with E-state index in [-0.39, 0.29) is 17.7 Å². The number of amides is 3. The van der Waals surface area contributed by atoms with Crippen LogP contribution in [-0.2, 0) is 11.3 Å². The van der Waals surface area contributed by atoms with Crippen molar-refractivity contribution in [2.75, 3.05) is 11.4 Å². The van der Waals surface area contributed by atoms with Crippen LogP contribution in [0.1, 0.15) is 26.4 Å². The first-order valence-corrected chi connectivity index (χ1v) is 10.5. The van der Waals surface area contributed by atoms with Crippen molar-refractivity contribution in [3.05, 3.63) is 89.5 Å². The van der Waals surface area contributed by atoms with Gasteiger partial charge in [0.2, 0.25) is 5.91 Å². The fraction of sp³-hybridized carbons (Fsp3) is 0.0870.